The summed E-state index contributed by atoms with van der Waals surface area (Å²) in [4.78, 5) is 11.0. The number of carbonyl (C=O) groups excluding carboxylic acids is 1. The van der Waals surface area contributed by atoms with Crippen molar-refractivity contribution < 1.29 is 9.53 Å². The molecule has 0 amide bonds. The number of rotatable bonds is 7. The molecule has 0 bridgehead atoms. The summed E-state index contributed by atoms with van der Waals surface area (Å²) in [6, 6.07) is 17.4. The molecule has 2 aromatic rings. The number of hydrogen-bond donors (Lipinski definition) is 0. The van der Waals surface area contributed by atoms with Crippen LogP contribution in [0.1, 0.15) is 36.8 Å². The molecule has 0 heterocycles. The van der Waals surface area contributed by atoms with E-state index in [1.54, 1.807) is 0 Å². The zero-order chi connectivity index (χ0) is 15.8. The monoisotopic (exact) mass is 296 g/mol. The number of unbranched alkanes of at least 4 members (excludes halogenated alkanes) is 2. The third-order valence-corrected chi connectivity index (χ3v) is 3.91. The fourth-order valence-electron chi connectivity index (χ4n) is 2.49. The van der Waals surface area contributed by atoms with E-state index in [9.17, 15) is 4.79 Å². The van der Waals surface area contributed by atoms with E-state index in [1.165, 1.54) is 29.4 Å². The number of benzene rings is 2. The Bertz CT molecular complexity index is 582. The van der Waals surface area contributed by atoms with Crippen molar-refractivity contribution in [1.82, 2.24) is 0 Å². The molecule has 0 aliphatic carbocycles. The maximum Gasteiger partial charge on any atom is 0.305 e. The minimum absolute atomic E-state index is 0.109. The summed E-state index contributed by atoms with van der Waals surface area (Å²) in [7, 11) is 1.44. The highest BCUT2D eigenvalue weighted by Crippen LogP contribution is 2.21. The standard InChI is InChI=1S/C20H24O2/c1-16-8-12-18(13-9-16)19-14-10-17(11-15-19)6-4-3-5-7-20(21)22-2/h8-15H,3-7H2,1-2H3. The van der Waals surface area contributed by atoms with E-state index in [1.807, 2.05) is 0 Å². The molecule has 0 aliphatic heterocycles. The first-order chi connectivity index (χ1) is 10.7. The molecule has 0 aliphatic rings. The van der Waals surface area contributed by atoms with Crippen molar-refractivity contribution in [2.75, 3.05) is 7.11 Å². The smallest absolute Gasteiger partial charge is 0.305 e. The van der Waals surface area contributed by atoms with Crippen molar-refractivity contribution in [3.8, 4) is 11.1 Å². The molecule has 0 spiro atoms. The van der Waals surface area contributed by atoms with E-state index in [4.69, 9.17) is 0 Å². The predicted molar refractivity (Wildman–Crippen MR) is 90.8 cm³/mol. The lowest BCUT2D eigenvalue weighted by atomic mass is 10.0. The average Bonchev–Trinajstić information content (AvgIpc) is 2.55. The van der Waals surface area contributed by atoms with Crippen LogP contribution in [0.15, 0.2) is 48.5 Å². The minimum Gasteiger partial charge on any atom is -0.469 e. The Morgan fingerprint density at radius 3 is 2.05 bits per heavy atom. The third kappa shape index (κ3) is 5.03. The fourth-order valence-corrected chi connectivity index (χ4v) is 2.49. The van der Waals surface area contributed by atoms with Crippen LogP contribution >= 0.6 is 0 Å². The maximum absolute atomic E-state index is 11.0. The first kappa shape index (κ1) is 16.3. The van der Waals surface area contributed by atoms with Crippen LogP contribution in [0.4, 0.5) is 0 Å². The second-order valence-electron chi connectivity index (χ2n) is 5.70. The van der Waals surface area contributed by atoms with Gasteiger partial charge in [0.2, 0.25) is 0 Å². The summed E-state index contributed by atoms with van der Waals surface area (Å²) >= 11 is 0. The van der Waals surface area contributed by atoms with Crippen LogP contribution in [0.2, 0.25) is 0 Å². The van der Waals surface area contributed by atoms with Gasteiger partial charge in [0.25, 0.3) is 0 Å². The van der Waals surface area contributed by atoms with Crippen LogP contribution < -0.4 is 0 Å². The summed E-state index contributed by atoms with van der Waals surface area (Å²) in [6.45, 7) is 2.10. The first-order valence-electron chi connectivity index (χ1n) is 7.92. The Labute approximate surface area is 133 Å². The molecule has 0 fully saturated rings. The van der Waals surface area contributed by atoms with Gasteiger partial charge in [-0.15, -0.1) is 0 Å². The van der Waals surface area contributed by atoms with Crippen molar-refractivity contribution in [2.24, 2.45) is 0 Å². The van der Waals surface area contributed by atoms with Gasteiger partial charge in [-0.2, -0.15) is 0 Å². The molecule has 116 valence electrons. The van der Waals surface area contributed by atoms with E-state index >= 15 is 0 Å². The minimum atomic E-state index is -0.109. The third-order valence-electron chi connectivity index (χ3n) is 3.91. The maximum atomic E-state index is 11.0. The van der Waals surface area contributed by atoms with Gasteiger partial charge < -0.3 is 4.74 Å². The van der Waals surface area contributed by atoms with Crippen molar-refractivity contribution in [1.29, 1.82) is 0 Å². The van der Waals surface area contributed by atoms with Crippen LogP contribution in [-0.2, 0) is 16.0 Å². The highest BCUT2D eigenvalue weighted by Gasteiger charge is 2.01. The molecule has 2 nitrogen and oxygen atoms in total. The van der Waals surface area contributed by atoms with Gasteiger partial charge in [-0.25, -0.2) is 0 Å². The molecule has 2 heteroatoms. The molecule has 0 radical (unpaired) electrons. The lowest BCUT2D eigenvalue weighted by Gasteiger charge is -2.05. The van der Waals surface area contributed by atoms with E-state index in [0.29, 0.717) is 6.42 Å². The Hall–Kier alpha value is -2.09. The Morgan fingerprint density at radius 2 is 1.45 bits per heavy atom. The zero-order valence-corrected chi connectivity index (χ0v) is 13.5. The molecular weight excluding hydrogens is 272 g/mol. The van der Waals surface area contributed by atoms with Gasteiger partial charge in [0.1, 0.15) is 0 Å². The molecule has 2 aromatic carbocycles. The van der Waals surface area contributed by atoms with Crippen LogP contribution in [0.3, 0.4) is 0 Å². The molecule has 0 saturated carbocycles. The number of hydrogen-bond acceptors (Lipinski definition) is 2. The zero-order valence-electron chi connectivity index (χ0n) is 13.5. The van der Waals surface area contributed by atoms with Crippen LogP contribution in [0, 0.1) is 6.92 Å². The van der Waals surface area contributed by atoms with Crippen molar-refractivity contribution in [3.05, 3.63) is 59.7 Å². The molecule has 2 rings (SSSR count). The van der Waals surface area contributed by atoms with Crippen molar-refractivity contribution >= 4 is 5.97 Å². The number of aryl methyl sites for hydroxylation is 2. The normalized spacial score (nSPS) is 10.5. The Balaban J connectivity index is 1.79. The second-order valence-corrected chi connectivity index (χ2v) is 5.70. The number of carbonyl (C=O) groups is 1. The van der Waals surface area contributed by atoms with Gasteiger partial charge in [0.05, 0.1) is 7.11 Å². The fraction of sp³-hybridized carbons (Fsp3) is 0.350. The molecule has 0 atom stereocenters. The number of ether oxygens (including phenoxy) is 1. The summed E-state index contributed by atoms with van der Waals surface area (Å²) in [6.07, 6.45) is 4.68. The Kier molecular flexibility index (Phi) is 6.20. The van der Waals surface area contributed by atoms with Gasteiger partial charge >= 0.3 is 5.97 Å². The molecular formula is C20H24O2. The van der Waals surface area contributed by atoms with Crippen LogP contribution in [0.25, 0.3) is 11.1 Å². The number of methoxy groups -OCH3 is 1. The van der Waals surface area contributed by atoms with Gasteiger partial charge in [-0.05, 0) is 42.9 Å². The van der Waals surface area contributed by atoms with Crippen molar-refractivity contribution in [2.45, 2.75) is 39.0 Å². The lowest BCUT2D eigenvalue weighted by molar-refractivity contribution is -0.140. The summed E-state index contributed by atoms with van der Waals surface area (Å²) in [5, 5.41) is 0. The largest absolute Gasteiger partial charge is 0.469 e. The predicted octanol–water partition coefficient (Wildman–Crippen LogP) is 4.94. The molecule has 0 unspecified atom stereocenters. The highest BCUT2D eigenvalue weighted by atomic mass is 16.5. The second kappa shape index (κ2) is 8.38. The molecule has 0 saturated heterocycles. The molecule has 0 aromatic heterocycles. The van der Waals surface area contributed by atoms with E-state index < -0.39 is 0 Å². The van der Waals surface area contributed by atoms with Gasteiger partial charge in [0.15, 0.2) is 0 Å². The van der Waals surface area contributed by atoms with Gasteiger partial charge in [-0.1, -0.05) is 60.5 Å². The van der Waals surface area contributed by atoms with Gasteiger partial charge in [-0.3, -0.25) is 4.79 Å². The van der Waals surface area contributed by atoms with Gasteiger partial charge in [0, 0.05) is 6.42 Å². The summed E-state index contributed by atoms with van der Waals surface area (Å²) in [5.74, 6) is -0.109. The Morgan fingerprint density at radius 1 is 0.864 bits per heavy atom. The summed E-state index contributed by atoms with van der Waals surface area (Å²) in [5.41, 5.74) is 5.16. The van der Waals surface area contributed by atoms with Crippen molar-refractivity contribution in [3.63, 3.8) is 0 Å². The van der Waals surface area contributed by atoms with Crippen LogP contribution in [0.5, 0.6) is 0 Å². The lowest BCUT2D eigenvalue weighted by Crippen LogP contribution is -1.99. The first-order valence-corrected chi connectivity index (χ1v) is 7.92. The van der Waals surface area contributed by atoms with Crippen LogP contribution in [-0.4, -0.2) is 13.1 Å². The quantitative estimate of drug-likeness (QED) is 0.534. The molecule has 22 heavy (non-hydrogen) atoms. The van der Waals surface area contributed by atoms with E-state index in [0.717, 1.165) is 25.7 Å². The SMILES string of the molecule is COC(=O)CCCCCc1ccc(-c2ccc(C)cc2)cc1. The topological polar surface area (TPSA) is 26.3 Å². The highest BCUT2D eigenvalue weighted by molar-refractivity contribution is 5.69. The van der Waals surface area contributed by atoms with E-state index in [-0.39, 0.29) is 5.97 Å². The number of esters is 1. The summed E-state index contributed by atoms with van der Waals surface area (Å²) < 4.78 is 4.64. The molecule has 0 N–H and O–H groups in total. The van der Waals surface area contributed by atoms with E-state index in [2.05, 4.69) is 60.2 Å². The average molecular weight is 296 g/mol.